The van der Waals surface area contributed by atoms with Crippen molar-refractivity contribution in [2.24, 2.45) is 0 Å². The van der Waals surface area contributed by atoms with Crippen LogP contribution in [-0.2, 0) is 0 Å². The summed E-state index contributed by atoms with van der Waals surface area (Å²) in [7, 11) is 0. The summed E-state index contributed by atoms with van der Waals surface area (Å²) in [5, 5.41) is 26.7. The number of nitro benzene ring substituents is 1. The lowest BCUT2D eigenvalue weighted by molar-refractivity contribution is -0.384. The van der Waals surface area contributed by atoms with Crippen molar-refractivity contribution in [2.75, 3.05) is 5.32 Å². The first-order chi connectivity index (χ1) is 13.4. The summed E-state index contributed by atoms with van der Waals surface area (Å²) in [4.78, 5) is 14.9. The van der Waals surface area contributed by atoms with Crippen LogP contribution in [0.5, 0.6) is 0 Å². The third-order valence-corrected chi connectivity index (χ3v) is 5.28. The van der Waals surface area contributed by atoms with E-state index in [1.807, 2.05) is 5.38 Å². The zero-order valence-corrected chi connectivity index (χ0v) is 16.8. The minimum Gasteiger partial charge on any atom is -0.360 e. The molecule has 1 aromatic heterocycles. The highest BCUT2D eigenvalue weighted by atomic mass is 35.5. The second-order valence-corrected chi connectivity index (χ2v) is 7.43. The van der Waals surface area contributed by atoms with Gasteiger partial charge in [-0.05, 0) is 36.8 Å². The fraction of sp³-hybridized carbons (Fsp3) is 0.0526. The van der Waals surface area contributed by atoms with E-state index in [4.69, 9.17) is 23.2 Å². The lowest BCUT2D eigenvalue weighted by Gasteiger charge is -2.05. The molecule has 0 aliphatic carbocycles. The molecule has 1 heterocycles. The number of nitro groups is 1. The Morgan fingerprint density at radius 2 is 2.11 bits per heavy atom. The molecule has 0 bridgehead atoms. The van der Waals surface area contributed by atoms with Gasteiger partial charge in [-0.15, -0.1) is 11.3 Å². The molecule has 6 nitrogen and oxygen atoms in total. The molecule has 3 rings (SSSR count). The lowest BCUT2D eigenvalue weighted by Crippen LogP contribution is -1.95. The maximum absolute atomic E-state index is 10.8. The summed E-state index contributed by atoms with van der Waals surface area (Å²) in [5.41, 5.74) is 3.07. The topological polar surface area (TPSA) is 91.9 Å². The molecule has 2 aromatic carbocycles. The molecule has 0 radical (unpaired) electrons. The van der Waals surface area contributed by atoms with Gasteiger partial charge in [-0.3, -0.25) is 10.1 Å². The minimum atomic E-state index is -0.452. The van der Waals surface area contributed by atoms with Gasteiger partial charge in [-0.2, -0.15) is 5.26 Å². The van der Waals surface area contributed by atoms with E-state index >= 15 is 0 Å². The Bertz CT molecular complexity index is 1140. The number of thiazole rings is 1. The standard InChI is InChI=1S/C19H12Cl2N4O2S/c1-11-6-14(25(26)27)3-5-17(11)23-9-12(8-22)19-24-18(10-28-19)15-4-2-13(20)7-16(15)21/h2-7,9-10,23H,1H3. The molecule has 3 aromatic rings. The first kappa shape index (κ1) is 19.8. The van der Waals surface area contributed by atoms with Crippen molar-refractivity contribution in [2.45, 2.75) is 6.92 Å². The molecule has 0 atom stereocenters. The van der Waals surface area contributed by atoms with Crippen LogP contribution in [0.25, 0.3) is 16.8 Å². The SMILES string of the molecule is Cc1cc([N+](=O)[O-])ccc1NC=C(C#N)c1nc(-c2ccc(Cl)cc2Cl)cs1. The third-order valence-electron chi connectivity index (χ3n) is 3.85. The molecule has 0 amide bonds. The van der Waals surface area contributed by atoms with Crippen molar-refractivity contribution in [3.8, 4) is 17.3 Å². The summed E-state index contributed by atoms with van der Waals surface area (Å²) in [6.07, 6.45) is 1.53. The number of hydrogen-bond acceptors (Lipinski definition) is 6. The summed E-state index contributed by atoms with van der Waals surface area (Å²) < 4.78 is 0. The van der Waals surface area contributed by atoms with E-state index in [2.05, 4.69) is 16.4 Å². The fourth-order valence-electron chi connectivity index (χ4n) is 2.43. The van der Waals surface area contributed by atoms with Crippen LogP contribution < -0.4 is 5.32 Å². The van der Waals surface area contributed by atoms with Gasteiger partial charge in [-0.25, -0.2) is 4.98 Å². The van der Waals surface area contributed by atoms with E-state index in [1.54, 1.807) is 31.2 Å². The minimum absolute atomic E-state index is 0.0111. The summed E-state index contributed by atoms with van der Waals surface area (Å²) >= 11 is 13.5. The van der Waals surface area contributed by atoms with Gasteiger partial charge in [0.25, 0.3) is 5.69 Å². The second kappa shape index (κ2) is 8.40. The van der Waals surface area contributed by atoms with Gasteiger partial charge < -0.3 is 5.32 Å². The molecule has 0 saturated carbocycles. The van der Waals surface area contributed by atoms with Gasteiger partial charge in [0.15, 0.2) is 0 Å². The molecule has 0 saturated heterocycles. The molecule has 0 aliphatic rings. The average molecular weight is 431 g/mol. The van der Waals surface area contributed by atoms with Crippen molar-refractivity contribution in [1.29, 1.82) is 5.26 Å². The molecule has 0 aliphatic heterocycles. The number of non-ortho nitro benzene ring substituents is 1. The molecule has 0 spiro atoms. The number of hydrogen-bond donors (Lipinski definition) is 1. The first-order valence-electron chi connectivity index (χ1n) is 7.92. The van der Waals surface area contributed by atoms with Gasteiger partial charge in [0.1, 0.15) is 16.6 Å². The van der Waals surface area contributed by atoms with Crippen molar-refractivity contribution in [3.63, 3.8) is 0 Å². The highest BCUT2D eigenvalue weighted by molar-refractivity contribution is 7.11. The molecule has 0 unspecified atom stereocenters. The van der Waals surface area contributed by atoms with E-state index in [-0.39, 0.29) is 5.69 Å². The van der Waals surface area contributed by atoms with E-state index < -0.39 is 4.92 Å². The Kier molecular flexibility index (Phi) is 5.95. The highest BCUT2D eigenvalue weighted by Gasteiger charge is 2.12. The van der Waals surface area contributed by atoms with E-state index in [1.165, 1.54) is 29.7 Å². The number of benzene rings is 2. The van der Waals surface area contributed by atoms with Crippen LogP contribution in [0.2, 0.25) is 10.0 Å². The molecular formula is C19H12Cl2N4O2S. The normalized spacial score (nSPS) is 11.1. The smallest absolute Gasteiger partial charge is 0.269 e. The van der Waals surface area contributed by atoms with Gasteiger partial charge in [0.05, 0.1) is 15.6 Å². The Hall–Kier alpha value is -2.92. The van der Waals surface area contributed by atoms with Crippen LogP contribution in [0, 0.1) is 28.4 Å². The average Bonchev–Trinajstić information content (AvgIpc) is 3.12. The van der Waals surface area contributed by atoms with Crippen LogP contribution in [0.1, 0.15) is 10.6 Å². The Labute approximate surface area is 174 Å². The van der Waals surface area contributed by atoms with E-state index in [0.717, 1.165) is 5.56 Å². The van der Waals surface area contributed by atoms with E-state index in [0.29, 0.717) is 37.6 Å². The van der Waals surface area contributed by atoms with Crippen molar-refractivity contribution >= 4 is 51.5 Å². The van der Waals surface area contributed by atoms with Gasteiger partial charge in [0.2, 0.25) is 0 Å². The number of rotatable bonds is 5. The van der Waals surface area contributed by atoms with Crippen LogP contribution >= 0.6 is 34.5 Å². The quantitative estimate of drug-likeness (QED) is 0.290. The summed E-state index contributed by atoms with van der Waals surface area (Å²) in [6, 6.07) is 11.7. The van der Waals surface area contributed by atoms with Crippen molar-refractivity contribution in [3.05, 3.63) is 78.7 Å². The van der Waals surface area contributed by atoms with Crippen molar-refractivity contribution in [1.82, 2.24) is 4.98 Å². The van der Waals surface area contributed by atoms with E-state index in [9.17, 15) is 15.4 Å². The molecule has 1 N–H and O–H groups in total. The number of aryl methyl sites for hydroxylation is 1. The summed E-state index contributed by atoms with van der Waals surface area (Å²) in [5.74, 6) is 0. The van der Waals surface area contributed by atoms with Crippen LogP contribution in [0.15, 0.2) is 48.0 Å². The third kappa shape index (κ3) is 4.31. The van der Waals surface area contributed by atoms with Crippen LogP contribution in [0.4, 0.5) is 11.4 Å². The maximum atomic E-state index is 10.8. The molecule has 140 valence electrons. The first-order valence-corrected chi connectivity index (χ1v) is 9.56. The van der Waals surface area contributed by atoms with Gasteiger partial charge in [-0.1, -0.05) is 23.2 Å². The number of halogens is 2. The van der Waals surface area contributed by atoms with Crippen LogP contribution in [-0.4, -0.2) is 9.91 Å². The largest absolute Gasteiger partial charge is 0.360 e. The Morgan fingerprint density at radius 1 is 1.32 bits per heavy atom. The zero-order valence-electron chi connectivity index (χ0n) is 14.4. The highest BCUT2D eigenvalue weighted by Crippen LogP contribution is 2.32. The molecule has 0 fully saturated rings. The van der Waals surface area contributed by atoms with Crippen molar-refractivity contribution < 1.29 is 4.92 Å². The predicted molar refractivity (Wildman–Crippen MR) is 113 cm³/mol. The number of nitrogens with one attached hydrogen (secondary N) is 1. The molecule has 28 heavy (non-hydrogen) atoms. The second-order valence-electron chi connectivity index (χ2n) is 5.73. The predicted octanol–water partition coefficient (Wildman–Crippen LogP) is 6.31. The Balaban J connectivity index is 1.85. The van der Waals surface area contributed by atoms with Crippen LogP contribution in [0.3, 0.4) is 0 Å². The summed E-state index contributed by atoms with van der Waals surface area (Å²) in [6.45, 7) is 1.75. The monoisotopic (exact) mass is 430 g/mol. The van der Waals surface area contributed by atoms with Gasteiger partial charge >= 0.3 is 0 Å². The zero-order chi connectivity index (χ0) is 20.3. The van der Waals surface area contributed by atoms with Gasteiger partial charge in [0, 0.05) is 40.0 Å². The lowest BCUT2D eigenvalue weighted by atomic mass is 10.1. The fourth-order valence-corrected chi connectivity index (χ4v) is 3.72. The maximum Gasteiger partial charge on any atom is 0.269 e. The number of nitriles is 1. The molecule has 9 heteroatoms. The number of allylic oxidation sites excluding steroid dienone is 1. The number of aromatic nitrogens is 1. The Morgan fingerprint density at radius 3 is 2.75 bits per heavy atom. The number of anilines is 1. The number of nitrogens with zero attached hydrogens (tertiary/aromatic N) is 3. The molecular weight excluding hydrogens is 419 g/mol.